The Morgan fingerprint density at radius 3 is 2.38 bits per heavy atom. The monoisotopic (exact) mass is 511 g/mol. The van der Waals surface area contributed by atoms with Crippen LogP contribution in [0.15, 0.2) is 34.9 Å². The minimum absolute atomic E-state index is 0.00470. The van der Waals surface area contributed by atoms with Gasteiger partial charge in [-0.3, -0.25) is 9.69 Å². The zero-order chi connectivity index (χ0) is 25.5. The van der Waals surface area contributed by atoms with Crippen LogP contribution in [0.25, 0.3) is 11.3 Å². The summed E-state index contributed by atoms with van der Waals surface area (Å²) in [4.78, 5) is 24.2. The molecule has 9 heteroatoms. The molecule has 9 nitrogen and oxygen atoms in total. The molecule has 1 amide bonds. The lowest BCUT2D eigenvalue weighted by atomic mass is 9.84. The Kier molecular flexibility index (Phi) is 8.97. The highest BCUT2D eigenvalue weighted by Crippen LogP contribution is 2.30. The Morgan fingerprint density at radius 2 is 1.73 bits per heavy atom. The van der Waals surface area contributed by atoms with Crippen LogP contribution < -0.4 is 15.1 Å². The van der Waals surface area contributed by atoms with Crippen LogP contribution >= 0.6 is 0 Å². The van der Waals surface area contributed by atoms with Gasteiger partial charge in [-0.15, -0.1) is 0 Å². The van der Waals surface area contributed by atoms with Gasteiger partial charge in [-0.2, -0.15) is 0 Å². The van der Waals surface area contributed by atoms with E-state index in [9.17, 15) is 4.79 Å². The number of methoxy groups -OCH3 is 1. The lowest BCUT2D eigenvalue weighted by Crippen LogP contribution is -2.47. The molecule has 0 radical (unpaired) electrons. The summed E-state index contributed by atoms with van der Waals surface area (Å²) >= 11 is 0. The van der Waals surface area contributed by atoms with Crippen LogP contribution in [0.1, 0.15) is 32.1 Å². The topological polar surface area (TPSA) is 83.3 Å². The van der Waals surface area contributed by atoms with Gasteiger partial charge < -0.3 is 29.0 Å². The van der Waals surface area contributed by atoms with Gasteiger partial charge in [-0.1, -0.05) is 0 Å². The Hall–Kier alpha value is -2.62. The first-order valence-electron chi connectivity index (χ1n) is 13.8. The molecule has 0 atom stereocenters. The average Bonchev–Trinajstić information content (AvgIpc) is 3.49. The number of furan rings is 1. The fraction of sp³-hybridized carbons (Fsp3) is 0.643. The molecule has 1 saturated carbocycles. The number of anilines is 2. The van der Waals surface area contributed by atoms with Crippen LogP contribution in [0, 0.1) is 5.92 Å². The largest absolute Gasteiger partial charge is 0.464 e. The molecule has 3 aliphatic rings. The predicted octanol–water partition coefficient (Wildman–Crippen LogP) is 3.01. The molecule has 0 unspecified atom stereocenters. The van der Waals surface area contributed by atoms with Crippen molar-refractivity contribution in [1.82, 2.24) is 15.2 Å². The number of carbonyl (C=O) groups excluding carboxylic acids is 1. The van der Waals surface area contributed by atoms with Crippen LogP contribution in [0.3, 0.4) is 0 Å². The predicted molar refractivity (Wildman–Crippen MR) is 144 cm³/mol. The average molecular weight is 512 g/mol. The molecular formula is C28H41N5O4. The number of ether oxygens (including phenoxy) is 2. The highest BCUT2D eigenvalue weighted by Gasteiger charge is 2.25. The van der Waals surface area contributed by atoms with Crippen molar-refractivity contribution in [3.63, 3.8) is 0 Å². The second kappa shape index (κ2) is 12.8. The third-order valence-electron chi connectivity index (χ3n) is 7.98. The molecule has 1 N–H and O–H groups in total. The van der Waals surface area contributed by atoms with E-state index in [1.165, 1.54) is 19.3 Å². The Bertz CT molecular complexity index is 978. The summed E-state index contributed by atoms with van der Waals surface area (Å²) in [6.45, 7) is 8.60. The number of rotatable bonds is 9. The van der Waals surface area contributed by atoms with Crippen LogP contribution in [0.5, 0.6) is 0 Å². The first-order valence-corrected chi connectivity index (χ1v) is 13.8. The van der Waals surface area contributed by atoms with Gasteiger partial charge in [0.05, 0.1) is 19.5 Å². The molecule has 5 rings (SSSR count). The highest BCUT2D eigenvalue weighted by atomic mass is 16.5. The molecule has 37 heavy (non-hydrogen) atoms. The van der Waals surface area contributed by atoms with Crippen LogP contribution in [0.4, 0.5) is 11.6 Å². The third kappa shape index (κ3) is 7.03. The lowest BCUT2D eigenvalue weighted by molar-refractivity contribution is -0.125. The summed E-state index contributed by atoms with van der Waals surface area (Å²) in [6.07, 6.45) is 7.53. The number of carbonyl (C=O) groups is 1. The molecular weight excluding hydrogens is 470 g/mol. The van der Waals surface area contributed by atoms with Crippen molar-refractivity contribution in [3.05, 3.63) is 30.5 Å². The van der Waals surface area contributed by atoms with Crippen molar-refractivity contribution < 1.29 is 18.7 Å². The van der Waals surface area contributed by atoms with Gasteiger partial charge in [0.15, 0.2) is 0 Å². The summed E-state index contributed by atoms with van der Waals surface area (Å²) in [5, 5.41) is 3.10. The van der Waals surface area contributed by atoms with E-state index in [0.29, 0.717) is 6.04 Å². The van der Waals surface area contributed by atoms with E-state index >= 15 is 0 Å². The van der Waals surface area contributed by atoms with Gasteiger partial charge >= 0.3 is 0 Å². The summed E-state index contributed by atoms with van der Waals surface area (Å²) < 4.78 is 16.2. The van der Waals surface area contributed by atoms with Gasteiger partial charge in [-0.25, -0.2) is 4.98 Å². The molecule has 0 spiro atoms. The highest BCUT2D eigenvalue weighted by molar-refractivity contribution is 5.77. The number of piperazine rings is 1. The molecule has 202 valence electrons. The standard InChI is InChI=1S/C28H41N5O4/c1-35-21-28(34)29-24-6-4-22(5-7-24)8-9-31-10-12-32(13-11-31)26-19-23(25-3-2-16-37-25)20-27(30-26)33-14-17-36-18-15-33/h2-3,16,19-20,22,24H,4-15,17-18,21H2,1H3,(H,29,34). The summed E-state index contributed by atoms with van der Waals surface area (Å²) in [5.74, 6) is 3.68. The normalized spacial score (nSPS) is 23.3. The molecule has 2 aromatic rings. The van der Waals surface area contributed by atoms with Crippen molar-refractivity contribution in [2.45, 2.75) is 38.1 Å². The first-order chi connectivity index (χ1) is 18.2. The number of aromatic nitrogens is 1. The summed E-state index contributed by atoms with van der Waals surface area (Å²) in [6, 6.07) is 8.58. The van der Waals surface area contributed by atoms with E-state index in [0.717, 1.165) is 101 Å². The second-order valence-corrected chi connectivity index (χ2v) is 10.5. The zero-order valence-corrected chi connectivity index (χ0v) is 22.1. The molecule has 0 bridgehead atoms. The number of nitrogens with zero attached hydrogens (tertiary/aromatic N) is 4. The van der Waals surface area contributed by atoms with Gasteiger partial charge in [0, 0.05) is 58.0 Å². The van der Waals surface area contributed by atoms with E-state index in [1.54, 1.807) is 13.4 Å². The molecule has 2 saturated heterocycles. The molecule has 1 aliphatic carbocycles. The van der Waals surface area contributed by atoms with Crippen LogP contribution in [0.2, 0.25) is 0 Å². The van der Waals surface area contributed by atoms with Crippen molar-refractivity contribution in [1.29, 1.82) is 0 Å². The third-order valence-corrected chi connectivity index (χ3v) is 7.98. The Labute approximate surface area is 220 Å². The van der Waals surface area contributed by atoms with E-state index in [1.807, 2.05) is 12.1 Å². The van der Waals surface area contributed by atoms with Crippen LogP contribution in [-0.4, -0.2) is 94.6 Å². The number of amides is 1. The van der Waals surface area contributed by atoms with E-state index in [4.69, 9.17) is 18.9 Å². The fourth-order valence-electron chi connectivity index (χ4n) is 5.76. The fourth-order valence-corrected chi connectivity index (χ4v) is 5.76. The number of morpholine rings is 1. The summed E-state index contributed by atoms with van der Waals surface area (Å²) in [5.41, 5.74) is 1.08. The van der Waals surface area contributed by atoms with Crippen molar-refractivity contribution in [2.75, 3.05) is 82.5 Å². The van der Waals surface area contributed by atoms with Crippen molar-refractivity contribution in [3.8, 4) is 11.3 Å². The van der Waals surface area contributed by atoms with Crippen molar-refractivity contribution in [2.24, 2.45) is 5.92 Å². The number of hydrogen-bond acceptors (Lipinski definition) is 8. The Balaban J connectivity index is 1.12. The lowest BCUT2D eigenvalue weighted by Gasteiger charge is -2.37. The SMILES string of the molecule is COCC(=O)NC1CCC(CCN2CCN(c3cc(-c4ccco4)cc(N4CCOCC4)n3)CC2)CC1. The first kappa shape index (κ1) is 26.0. The minimum atomic E-state index is 0.00470. The van der Waals surface area contributed by atoms with E-state index < -0.39 is 0 Å². The van der Waals surface area contributed by atoms with Gasteiger partial charge in [0.2, 0.25) is 5.91 Å². The molecule has 3 fully saturated rings. The van der Waals surface area contributed by atoms with E-state index in [2.05, 4.69) is 32.1 Å². The minimum Gasteiger partial charge on any atom is -0.464 e. The van der Waals surface area contributed by atoms with Crippen LogP contribution in [-0.2, 0) is 14.3 Å². The Morgan fingerprint density at radius 1 is 1.03 bits per heavy atom. The van der Waals surface area contributed by atoms with Gasteiger partial charge in [-0.05, 0) is 68.8 Å². The number of hydrogen-bond donors (Lipinski definition) is 1. The number of nitrogens with one attached hydrogen (secondary N) is 1. The smallest absolute Gasteiger partial charge is 0.246 e. The summed E-state index contributed by atoms with van der Waals surface area (Å²) in [7, 11) is 1.56. The second-order valence-electron chi connectivity index (χ2n) is 10.5. The zero-order valence-electron chi connectivity index (χ0n) is 22.1. The maximum atomic E-state index is 11.8. The number of pyridine rings is 1. The molecule has 2 aromatic heterocycles. The van der Waals surface area contributed by atoms with Gasteiger partial charge in [0.1, 0.15) is 24.0 Å². The maximum absolute atomic E-state index is 11.8. The van der Waals surface area contributed by atoms with Crippen molar-refractivity contribution >= 4 is 17.5 Å². The molecule has 4 heterocycles. The van der Waals surface area contributed by atoms with E-state index in [-0.39, 0.29) is 12.5 Å². The molecule has 0 aromatic carbocycles. The maximum Gasteiger partial charge on any atom is 0.246 e. The van der Waals surface area contributed by atoms with Gasteiger partial charge in [0.25, 0.3) is 0 Å². The quantitative estimate of drug-likeness (QED) is 0.550. The molecule has 2 aliphatic heterocycles.